The molecular formula is C17H25N3O2S. The molecule has 2 atom stereocenters. The molecule has 0 saturated carbocycles. The van der Waals surface area contributed by atoms with Gasteiger partial charge in [0.2, 0.25) is 0 Å². The Hall–Kier alpha value is -1.24. The van der Waals surface area contributed by atoms with Crippen LogP contribution in [-0.4, -0.2) is 39.2 Å². The topological polar surface area (TPSA) is 69.2 Å². The second-order valence-electron chi connectivity index (χ2n) is 6.70. The summed E-state index contributed by atoms with van der Waals surface area (Å²) in [5.41, 5.74) is 1.01. The van der Waals surface area contributed by atoms with Gasteiger partial charge in [-0.15, -0.1) is 11.3 Å². The van der Waals surface area contributed by atoms with E-state index >= 15 is 0 Å². The largest absolute Gasteiger partial charge is 0.393 e. The summed E-state index contributed by atoms with van der Waals surface area (Å²) in [7, 11) is 0. The van der Waals surface area contributed by atoms with Crippen LogP contribution in [0.1, 0.15) is 49.0 Å². The summed E-state index contributed by atoms with van der Waals surface area (Å²) >= 11 is 1.59. The smallest absolute Gasteiger partial charge is 0.259 e. The SMILES string of the molecule is Cc1sc2nc(C(C)N3CCC(C(C)O)CC3)[nH]c(=O)c2c1C. The first-order valence-corrected chi connectivity index (χ1v) is 9.12. The Morgan fingerprint density at radius 2 is 1.96 bits per heavy atom. The van der Waals surface area contributed by atoms with E-state index in [1.807, 2.05) is 20.8 Å². The van der Waals surface area contributed by atoms with Crippen LogP contribution in [-0.2, 0) is 0 Å². The van der Waals surface area contributed by atoms with Crippen molar-refractivity contribution < 1.29 is 5.11 Å². The van der Waals surface area contributed by atoms with E-state index in [2.05, 4.69) is 16.8 Å². The van der Waals surface area contributed by atoms with Crippen LogP contribution in [0.25, 0.3) is 10.2 Å². The number of aliphatic hydroxyl groups is 1. The molecule has 1 saturated heterocycles. The minimum atomic E-state index is -0.237. The third-order valence-electron chi connectivity index (χ3n) is 5.26. The molecule has 2 aromatic rings. The van der Waals surface area contributed by atoms with Gasteiger partial charge in [0.05, 0.1) is 17.5 Å². The van der Waals surface area contributed by atoms with E-state index in [9.17, 15) is 9.90 Å². The number of aromatic nitrogens is 2. The first-order chi connectivity index (χ1) is 10.9. The zero-order chi connectivity index (χ0) is 16.7. The van der Waals surface area contributed by atoms with Gasteiger partial charge in [-0.25, -0.2) is 4.98 Å². The normalized spacial score (nSPS) is 20.0. The Balaban J connectivity index is 1.84. The Morgan fingerprint density at radius 1 is 1.30 bits per heavy atom. The van der Waals surface area contributed by atoms with Gasteiger partial charge in [-0.1, -0.05) is 0 Å². The highest BCUT2D eigenvalue weighted by atomic mass is 32.1. The molecule has 126 valence electrons. The molecule has 3 rings (SSSR count). The molecule has 1 aliphatic rings. The zero-order valence-electron chi connectivity index (χ0n) is 14.2. The molecule has 5 nitrogen and oxygen atoms in total. The molecular weight excluding hydrogens is 310 g/mol. The van der Waals surface area contributed by atoms with Crippen molar-refractivity contribution in [3.8, 4) is 0 Å². The van der Waals surface area contributed by atoms with Gasteiger partial charge in [0.25, 0.3) is 5.56 Å². The van der Waals surface area contributed by atoms with E-state index < -0.39 is 0 Å². The maximum atomic E-state index is 12.4. The molecule has 0 aromatic carbocycles. The summed E-state index contributed by atoms with van der Waals surface area (Å²) in [5.74, 6) is 1.13. The molecule has 0 spiro atoms. The lowest BCUT2D eigenvalue weighted by Gasteiger charge is -2.36. The molecule has 2 unspecified atom stereocenters. The summed E-state index contributed by atoms with van der Waals surface area (Å²) in [6, 6.07) is 0.0877. The van der Waals surface area contributed by atoms with Crippen LogP contribution in [0.4, 0.5) is 0 Å². The number of hydrogen-bond acceptors (Lipinski definition) is 5. The lowest BCUT2D eigenvalue weighted by Crippen LogP contribution is -2.39. The predicted octanol–water partition coefficient (Wildman–Crippen LogP) is 2.76. The second-order valence-corrected chi connectivity index (χ2v) is 7.91. The number of aromatic amines is 1. The molecule has 0 radical (unpaired) electrons. The average Bonchev–Trinajstić information content (AvgIpc) is 2.81. The van der Waals surface area contributed by atoms with Crippen molar-refractivity contribution in [1.29, 1.82) is 0 Å². The van der Waals surface area contributed by atoms with Crippen molar-refractivity contribution in [2.45, 2.75) is 52.7 Å². The van der Waals surface area contributed by atoms with Gasteiger partial charge in [0.15, 0.2) is 0 Å². The van der Waals surface area contributed by atoms with Crippen LogP contribution < -0.4 is 5.56 Å². The molecule has 3 heterocycles. The van der Waals surface area contributed by atoms with Crippen molar-refractivity contribution >= 4 is 21.6 Å². The highest BCUT2D eigenvalue weighted by Crippen LogP contribution is 2.29. The number of nitrogens with zero attached hydrogens (tertiary/aromatic N) is 2. The number of aryl methyl sites for hydroxylation is 2. The molecule has 2 aromatic heterocycles. The number of piperidine rings is 1. The Kier molecular flexibility index (Phi) is 4.58. The third-order valence-corrected chi connectivity index (χ3v) is 6.36. The maximum Gasteiger partial charge on any atom is 0.259 e. The molecule has 0 bridgehead atoms. The molecule has 23 heavy (non-hydrogen) atoms. The predicted molar refractivity (Wildman–Crippen MR) is 94.1 cm³/mol. The van der Waals surface area contributed by atoms with Gasteiger partial charge in [0.1, 0.15) is 10.7 Å². The van der Waals surface area contributed by atoms with Crippen LogP contribution in [0.15, 0.2) is 4.79 Å². The molecule has 1 aliphatic heterocycles. The number of nitrogens with one attached hydrogen (secondary N) is 1. The van der Waals surface area contributed by atoms with Crippen molar-refractivity contribution in [2.75, 3.05) is 13.1 Å². The Bertz CT molecular complexity index is 757. The summed E-state index contributed by atoms with van der Waals surface area (Å²) in [6.45, 7) is 9.85. The molecule has 1 fully saturated rings. The van der Waals surface area contributed by atoms with Crippen LogP contribution in [0.2, 0.25) is 0 Å². The molecule has 6 heteroatoms. The van der Waals surface area contributed by atoms with Crippen LogP contribution in [0, 0.1) is 19.8 Å². The summed E-state index contributed by atoms with van der Waals surface area (Å²) in [4.78, 5) is 24.5. The van der Waals surface area contributed by atoms with E-state index in [1.54, 1.807) is 11.3 Å². The van der Waals surface area contributed by atoms with Gasteiger partial charge in [-0.2, -0.15) is 0 Å². The fraction of sp³-hybridized carbons (Fsp3) is 0.647. The van der Waals surface area contributed by atoms with E-state index in [4.69, 9.17) is 4.98 Å². The van der Waals surface area contributed by atoms with E-state index in [0.717, 1.165) is 52.4 Å². The minimum Gasteiger partial charge on any atom is -0.393 e. The minimum absolute atomic E-state index is 0.0300. The zero-order valence-corrected chi connectivity index (χ0v) is 15.0. The van der Waals surface area contributed by atoms with Crippen molar-refractivity contribution in [3.05, 3.63) is 26.6 Å². The van der Waals surface area contributed by atoms with Gasteiger partial charge in [-0.05, 0) is 65.1 Å². The number of likely N-dealkylation sites (tertiary alicyclic amines) is 1. The number of thiophene rings is 1. The van der Waals surface area contributed by atoms with E-state index in [-0.39, 0.29) is 17.7 Å². The molecule has 2 N–H and O–H groups in total. The van der Waals surface area contributed by atoms with Crippen molar-refractivity contribution in [1.82, 2.24) is 14.9 Å². The lowest BCUT2D eigenvalue weighted by atomic mass is 9.91. The van der Waals surface area contributed by atoms with E-state index in [1.165, 1.54) is 0 Å². The maximum absolute atomic E-state index is 12.4. The third kappa shape index (κ3) is 3.07. The fourth-order valence-electron chi connectivity index (χ4n) is 3.43. The highest BCUT2D eigenvalue weighted by Gasteiger charge is 2.27. The van der Waals surface area contributed by atoms with Crippen LogP contribution in [0.3, 0.4) is 0 Å². The van der Waals surface area contributed by atoms with E-state index in [0.29, 0.717) is 5.92 Å². The second kappa shape index (κ2) is 6.34. The number of hydrogen-bond donors (Lipinski definition) is 2. The standard InChI is InChI=1S/C17H25N3O2S/c1-9-12(4)23-17-14(9)16(22)18-15(19-17)10(2)20-7-5-13(6-8-20)11(3)21/h10-11,13,21H,5-8H2,1-4H3,(H,18,19,22). The van der Waals surface area contributed by atoms with Crippen molar-refractivity contribution in [3.63, 3.8) is 0 Å². The first kappa shape index (κ1) is 16.6. The van der Waals surface area contributed by atoms with Crippen LogP contribution >= 0.6 is 11.3 Å². The monoisotopic (exact) mass is 335 g/mol. The van der Waals surface area contributed by atoms with Gasteiger partial charge < -0.3 is 10.1 Å². The summed E-state index contributed by atoms with van der Waals surface area (Å²) in [6.07, 6.45) is 1.75. The van der Waals surface area contributed by atoms with Crippen LogP contribution in [0.5, 0.6) is 0 Å². The summed E-state index contributed by atoms with van der Waals surface area (Å²) < 4.78 is 0. The number of H-pyrrole nitrogens is 1. The molecule has 0 amide bonds. The summed E-state index contributed by atoms with van der Waals surface area (Å²) in [5, 5.41) is 10.5. The lowest BCUT2D eigenvalue weighted by molar-refractivity contribution is 0.0571. The fourth-order valence-corrected chi connectivity index (χ4v) is 4.47. The first-order valence-electron chi connectivity index (χ1n) is 8.30. The van der Waals surface area contributed by atoms with Crippen molar-refractivity contribution in [2.24, 2.45) is 5.92 Å². The van der Waals surface area contributed by atoms with Gasteiger partial charge in [-0.3, -0.25) is 9.69 Å². The number of fused-ring (bicyclic) bond motifs is 1. The quantitative estimate of drug-likeness (QED) is 0.905. The number of rotatable bonds is 3. The highest BCUT2D eigenvalue weighted by molar-refractivity contribution is 7.18. The average molecular weight is 335 g/mol. The Labute approximate surface area is 140 Å². The molecule has 0 aliphatic carbocycles. The Morgan fingerprint density at radius 3 is 2.57 bits per heavy atom. The van der Waals surface area contributed by atoms with Gasteiger partial charge >= 0.3 is 0 Å². The van der Waals surface area contributed by atoms with Gasteiger partial charge in [0, 0.05) is 4.88 Å². The number of aliphatic hydroxyl groups excluding tert-OH is 1.